The third kappa shape index (κ3) is 6.20. The molecule has 1 aromatic rings. The van der Waals surface area contributed by atoms with Crippen LogP contribution in [-0.4, -0.2) is 31.8 Å². The molecule has 0 bridgehead atoms. The third-order valence-corrected chi connectivity index (χ3v) is 2.79. The van der Waals surface area contributed by atoms with Gasteiger partial charge in [-0.1, -0.05) is 13.8 Å². The monoisotopic (exact) mass is 305 g/mol. The van der Waals surface area contributed by atoms with Crippen LogP contribution in [-0.2, 0) is 10.9 Å². The van der Waals surface area contributed by atoms with Crippen molar-refractivity contribution in [3.8, 4) is 0 Å². The number of pyridine rings is 1. The zero-order valence-corrected chi connectivity index (χ0v) is 12.5. The van der Waals surface area contributed by atoms with Crippen molar-refractivity contribution in [3.05, 3.63) is 17.7 Å². The van der Waals surface area contributed by atoms with Gasteiger partial charge in [0, 0.05) is 20.2 Å². The fourth-order valence-corrected chi connectivity index (χ4v) is 1.75. The lowest BCUT2D eigenvalue weighted by Crippen LogP contribution is -2.17. The minimum absolute atomic E-state index is 0.179. The molecule has 0 fully saturated rings. The predicted molar refractivity (Wildman–Crippen MR) is 77.5 cm³/mol. The van der Waals surface area contributed by atoms with Crippen molar-refractivity contribution in [2.24, 2.45) is 5.92 Å². The van der Waals surface area contributed by atoms with Crippen molar-refractivity contribution in [3.63, 3.8) is 0 Å². The zero-order chi connectivity index (χ0) is 15.9. The molecule has 1 unspecified atom stereocenters. The van der Waals surface area contributed by atoms with Crippen LogP contribution in [0.4, 0.5) is 24.8 Å². The SMILES string of the molecule is CCCNc1cc(C(F)(F)F)cc(NCC(C)COC)n1. The Kier molecular flexibility index (Phi) is 6.74. The summed E-state index contributed by atoms with van der Waals surface area (Å²) in [6.07, 6.45) is -3.58. The summed E-state index contributed by atoms with van der Waals surface area (Å²) >= 11 is 0. The van der Waals surface area contributed by atoms with Gasteiger partial charge in [0.1, 0.15) is 11.6 Å². The van der Waals surface area contributed by atoms with E-state index in [1.54, 1.807) is 7.11 Å². The van der Waals surface area contributed by atoms with E-state index >= 15 is 0 Å². The summed E-state index contributed by atoms with van der Waals surface area (Å²) in [5, 5.41) is 5.81. The quantitative estimate of drug-likeness (QED) is 0.770. The molecule has 0 amide bonds. The molecule has 0 aliphatic carbocycles. The van der Waals surface area contributed by atoms with Crippen LogP contribution in [0.5, 0.6) is 0 Å². The van der Waals surface area contributed by atoms with Gasteiger partial charge in [0.25, 0.3) is 0 Å². The second-order valence-electron chi connectivity index (χ2n) is 4.99. The molecular formula is C14H22F3N3O. The van der Waals surface area contributed by atoms with Crippen LogP contribution >= 0.6 is 0 Å². The van der Waals surface area contributed by atoms with Crippen molar-refractivity contribution >= 4 is 11.6 Å². The molecule has 0 aliphatic heterocycles. The number of anilines is 2. The number of aromatic nitrogens is 1. The highest BCUT2D eigenvalue weighted by atomic mass is 19.4. The van der Waals surface area contributed by atoms with Gasteiger partial charge in [-0.15, -0.1) is 0 Å². The number of nitrogens with one attached hydrogen (secondary N) is 2. The Morgan fingerprint density at radius 1 is 1.24 bits per heavy atom. The normalized spacial score (nSPS) is 13.0. The first-order valence-corrected chi connectivity index (χ1v) is 6.92. The van der Waals surface area contributed by atoms with Gasteiger partial charge in [-0.2, -0.15) is 13.2 Å². The summed E-state index contributed by atoms with van der Waals surface area (Å²) in [7, 11) is 1.59. The number of alkyl halides is 3. The molecule has 0 saturated carbocycles. The van der Waals surface area contributed by atoms with Crippen LogP contribution in [0.3, 0.4) is 0 Å². The van der Waals surface area contributed by atoms with E-state index in [0.29, 0.717) is 19.7 Å². The number of rotatable bonds is 8. The smallest absolute Gasteiger partial charge is 0.384 e. The fourth-order valence-electron chi connectivity index (χ4n) is 1.75. The maximum atomic E-state index is 12.9. The van der Waals surface area contributed by atoms with Crippen molar-refractivity contribution in [2.75, 3.05) is 37.4 Å². The van der Waals surface area contributed by atoms with Crippen LogP contribution in [0, 0.1) is 5.92 Å². The number of ether oxygens (including phenoxy) is 1. The molecule has 1 heterocycles. The lowest BCUT2D eigenvalue weighted by Gasteiger charge is -2.15. The van der Waals surface area contributed by atoms with Crippen LogP contribution in [0.15, 0.2) is 12.1 Å². The number of hydrogen-bond acceptors (Lipinski definition) is 4. The molecule has 21 heavy (non-hydrogen) atoms. The average Bonchev–Trinajstić information content (AvgIpc) is 2.42. The van der Waals surface area contributed by atoms with Gasteiger partial charge in [0.2, 0.25) is 0 Å². The largest absolute Gasteiger partial charge is 0.416 e. The molecule has 0 aliphatic rings. The first kappa shape index (κ1) is 17.6. The second kappa shape index (κ2) is 8.07. The van der Waals surface area contributed by atoms with Gasteiger partial charge in [-0.3, -0.25) is 0 Å². The maximum absolute atomic E-state index is 12.9. The molecule has 0 saturated heterocycles. The molecular weight excluding hydrogens is 283 g/mol. The number of halogens is 3. The Morgan fingerprint density at radius 3 is 2.38 bits per heavy atom. The van der Waals surface area contributed by atoms with Crippen LogP contribution in [0.25, 0.3) is 0 Å². The highest BCUT2D eigenvalue weighted by molar-refractivity contribution is 5.49. The van der Waals surface area contributed by atoms with Crippen molar-refractivity contribution in [1.29, 1.82) is 0 Å². The third-order valence-electron chi connectivity index (χ3n) is 2.79. The molecule has 1 rings (SSSR count). The second-order valence-corrected chi connectivity index (χ2v) is 4.99. The van der Waals surface area contributed by atoms with Gasteiger partial charge in [-0.25, -0.2) is 4.98 Å². The van der Waals surface area contributed by atoms with Crippen LogP contribution < -0.4 is 10.6 Å². The summed E-state index contributed by atoms with van der Waals surface area (Å²) < 4.78 is 43.7. The van der Waals surface area contributed by atoms with Gasteiger partial charge >= 0.3 is 6.18 Å². The maximum Gasteiger partial charge on any atom is 0.416 e. The minimum atomic E-state index is -4.39. The Labute approximate surface area is 123 Å². The Balaban J connectivity index is 2.85. The first-order valence-electron chi connectivity index (χ1n) is 6.92. The van der Waals surface area contributed by atoms with E-state index in [-0.39, 0.29) is 17.6 Å². The lowest BCUT2D eigenvalue weighted by molar-refractivity contribution is -0.137. The lowest BCUT2D eigenvalue weighted by atomic mass is 10.2. The molecule has 0 spiro atoms. The van der Waals surface area contributed by atoms with Crippen molar-refractivity contribution in [1.82, 2.24) is 4.98 Å². The average molecular weight is 305 g/mol. The molecule has 120 valence electrons. The van der Waals surface area contributed by atoms with Gasteiger partial charge in [0.05, 0.1) is 12.2 Å². The number of methoxy groups -OCH3 is 1. The summed E-state index contributed by atoms with van der Waals surface area (Å²) in [5.41, 5.74) is -0.710. The standard InChI is InChI=1S/C14H22F3N3O/c1-4-5-18-12-6-11(14(15,16)17)7-13(20-12)19-8-10(2)9-21-3/h6-7,10H,4-5,8-9H2,1-3H3,(H2,18,19,20). The Morgan fingerprint density at radius 2 is 1.86 bits per heavy atom. The molecule has 4 nitrogen and oxygen atoms in total. The van der Waals surface area contributed by atoms with E-state index in [2.05, 4.69) is 15.6 Å². The van der Waals surface area contributed by atoms with Gasteiger partial charge in [-0.05, 0) is 24.5 Å². The van der Waals surface area contributed by atoms with E-state index in [1.165, 1.54) is 0 Å². The van der Waals surface area contributed by atoms with Crippen molar-refractivity contribution < 1.29 is 17.9 Å². The molecule has 0 aromatic carbocycles. The Hall–Kier alpha value is -1.50. The van der Waals surface area contributed by atoms with Crippen LogP contribution in [0.1, 0.15) is 25.8 Å². The van der Waals surface area contributed by atoms with Gasteiger partial charge in [0.15, 0.2) is 0 Å². The molecule has 0 radical (unpaired) electrons. The minimum Gasteiger partial charge on any atom is -0.384 e. The molecule has 2 N–H and O–H groups in total. The van der Waals surface area contributed by atoms with E-state index in [4.69, 9.17) is 4.74 Å². The summed E-state index contributed by atoms with van der Waals surface area (Å²) in [6, 6.07) is 2.05. The Bertz CT molecular complexity index is 438. The van der Waals surface area contributed by atoms with Crippen LogP contribution in [0.2, 0.25) is 0 Å². The first-order chi connectivity index (χ1) is 9.86. The molecule has 7 heteroatoms. The highest BCUT2D eigenvalue weighted by Crippen LogP contribution is 2.32. The predicted octanol–water partition coefficient (Wildman–Crippen LogP) is 3.62. The summed E-state index contributed by atoms with van der Waals surface area (Å²) in [5.74, 6) is 0.623. The molecule has 1 aromatic heterocycles. The molecule has 1 atom stereocenters. The van der Waals surface area contributed by atoms with E-state index in [0.717, 1.165) is 18.6 Å². The van der Waals surface area contributed by atoms with E-state index in [9.17, 15) is 13.2 Å². The summed E-state index contributed by atoms with van der Waals surface area (Å²) in [4.78, 5) is 4.15. The highest BCUT2D eigenvalue weighted by Gasteiger charge is 2.31. The van der Waals surface area contributed by atoms with Crippen molar-refractivity contribution in [2.45, 2.75) is 26.4 Å². The number of nitrogens with zero attached hydrogens (tertiary/aromatic N) is 1. The van der Waals surface area contributed by atoms with E-state index in [1.807, 2.05) is 13.8 Å². The van der Waals surface area contributed by atoms with E-state index < -0.39 is 11.7 Å². The number of hydrogen-bond donors (Lipinski definition) is 2. The topological polar surface area (TPSA) is 46.2 Å². The van der Waals surface area contributed by atoms with Gasteiger partial charge < -0.3 is 15.4 Å². The summed E-state index contributed by atoms with van der Waals surface area (Å²) in [6.45, 7) is 5.49. The zero-order valence-electron chi connectivity index (χ0n) is 12.5. The fraction of sp³-hybridized carbons (Fsp3) is 0.643.